The number of hydrogen-bond acceptors (Lipinski definition) is 5. The molecule has 1 rings (SSSR count). The Balaban J connectivity index is -0.000000535. The summed E-state index contributed by atoms with van der Waals surface area (Å²) in [5.41, 5.74) is 14.8. The Morgan fingerprint density at radius 2 is 1.41 bits per heavy atom. The van der Waals surface area contributed by atoms with Crippen LogP contribution in [-0.4, -0.2) is 35.4 Å². The maximum Gasteiger partial charge on any atom is 0.125 e. The van der Waals surface area contributed by atoms with Crippen molar-refractivity contribution in [2.24, 2.45) is 17.2 Å². The van der Waals surface area contributed by atoms with Gasteiger partial charge in [0.25, 0.3) is 0 Å². The third kappa shape index (κ3) is 12.4. The average Bonchev–Trinajstić information content (AvgIpc) is 2.63. The molecule has 0 aliphatic heterocycles. The Morgan fingerprint density at radius 3 is 1.86 bits per heavy atom. The van der Waals surface area contributed by atoms with Crippen LogP contribution in [0.3, 0.4) is 0 Å². The summed E-state index contributed by atoms with van der Waals surface area (Å²) in [6.45, 7) is 2.23. The SMILES string of the molecule is CCCCCCc1ccc(OC)cc1OC.CN.CN.CN. The topological polar surface area (TPSA) is 96.5 Å². The number of rotatable bonds is 7. The number of methoxy groups -OCH3 is 2. The molecule has 5 heteroatoms. The van der Waals surface area contributed by atoms with Crippen LogP contribution in [-0.2, 0) is 6.42 Å². The third-order valence-corrected chi connectivity index (χ3v) is 2.79. The minimum Gasteiger partial charge on any atom is -0.497 e. The molecule has 6 N–H and O–H groups in total. The van der Waals surface area contributed by atoms with E-state index in [2.05, 4.69) is 30.2 Å². The number of benzene rings is 1. The summed E-state index contributed by atoms with van der Waals surface area (Å²) in [4.78, 5) is 0. The van der Waals surface area contributed by atoms with Crippen LogP contribution in [0.15, 0.2) is 18.2 Å². The normalized spacial score (nSPS) is 8.23. The van der Waals surface area contributed by atoms with E-state index >= 15 is 0 Å². The van der Waals surface area contributed by atoms with Crippen LogP contribution in [0.25, 0.3) is 0 Å². The Labute approximate surface area is 137 Å². The van der Waals surface area contributed by atoms with Crippen LogP contribution in [0.2, 0.25) is 0 Å². The molecule has 0 fully saturated rings. The summed E-state index contributed by atoms with van der Waals surface area (Å²) < 4.78 is 10.5. The number of ether oxygens (including phenoxy) is 2. The molecule has 0 atom stereocenters. The predicted octanol–water partition coefficient (Wildman–Crippen LogP) is 2.55. The van der Waals surface area contributed by atoms with Crippen molar-refractivity contribution in [1.29, 1.82) is 0 Å². The van der Waals surface area contributed by atoms with Crippen molar-refractivity contribution in [1.82, 2.24) is 0 Å². The Hall–Kier alpha value is -1.30. The molecule has 0 unspecified atom stereocenters. The van der Waals surface area contributed by atoms with Gasteiger partial charge in [0.05, 0.1) is 14.2 Å². The molecule has 0 aliphatic rings. The Morgan fingerprint density at radius 1 is 0.818 bits per heavy atom. The lowest BCUT2D eigenvalue weighted by Crippen LogP contribution is -1.94. The second-order valence-corrected chi connectivity index (χ2v) is 3.99. The van der Waals surface area contributed by atoms with Crippen LogP contribution in [0.4, 0.5) is 0 Å². The number of unbranched alkanes of at least 4 members (excludes halogenated alkanes) is 3. The molecule has 132 valence electrons. The van der Waals surface area contributed by atoms with E-state index < -0.39 is 0 Å². The van der Waals surface area contributed by atoms with Gasteiger partial charge in [-0.05, 0) is 45.6 Å². The summed E-state index contributed by atoms with van der Waals surface area (Å²) >= 11 is 0. The highest BCUT2D eigenvalue weighted by atomic mass is 16.5. The van der Waals surface area contributed by atoms with E-state index in [1.54, 1.807) is 14.2 Å². The smallest absolute Gasteiger partial charge is 0.125 e. The van der Waals surface area contributed by atoms with Gasteiger partial charge in [0.1, 0.15) is 11.5 Å². The molecule has 22 heavy (non-hydrogen) atoms. The second kappa shape index (κ2) is 22.0. The standard InChI is InChI=1S/C14H22O2.3CH5N/c1-4-5-6-7-8-12-9-10-13(15-2)11-14(12)16-3;3*1-2/h9-11H,4-8H2,1-3H3;3*2H2,1H3. The van der Waals surface area contributed by atoms with Crippen LogP contribution in [0.1, 0.15) is 38.2 Å². The van der Waals surface area contributed by atoms with Gasteiger partial charge in [-0.15, -0.1) is 0 Å². The lowest BCUT2D eigenvalue weighted by Gasteiger charge is -2.10. The highest BCUT2D eigenvalue weighted by Gasteiger charge is 2.04. The van der Waals surface area contributed by atoms with Crippen molar-refractivity contribution in [2.45, 2.75) is 39.0 Å². The van der Waals surface area contributed by atoms with Gasteiger partial charge in [0, 0.05) is 6.07 Å². The highest BCUT2D eigenvalue weighted by molar-refractivity contribution is 5.40. The number of aryl methyl sites for hydroxylation is 1. The Bertz CT molecular complexity index is 321. The quantitative estimate of drug-likeness (QED) is 0.672. The van der Waals surface area contributed by atoms with E-state index in [1.807, 2.05) is 12.1 Å². The minimum absolute atomic E-state index is 0.856. The van der Waals surface area contributed by atoms with Gasteiger partial charge >= 0.3 is 0 Å². The maximum absolute atomic E-state index is 5.36. The zero-order valence-electron chi connectivity index (χ0n) is 15.3. The van der Waals surface area contributed by atoms with Crippen LogP contribution in [0.5, 0.6) is 11.5 Å². The maximum atomic E-state index is 5.36. The molecule has 0 spiro atoms. The van der Waals surface area contributed by atoms with Crippen LogP contribution >= 0.6 is 0 Å². The minimum atomic E-state index is 0.856. The van der Waals surface area contributed by atoms with Gasteiger partial charge in [0.2, 0.25) is 0 Å². The van der Waals surface area contributed by atoms with E-state index in [4.69, 9.17) is 9.47 Å². The van der Waals surface area contributed by atoms with Gasteiger partial charge in [-0.2, -0.15) is 0 Å². The first-order valence-corrected chi connectivity index (χ1v) is 7.76. The molecule has 0 saturated heterocycles. The summed E-state index contributed by atoms with van der Waals surface area (Å²) in [5, 5.41) is 0. The van der Waals surface area contributed by atoms with Crippen molar-refractivity contribution < 1.29 is 9.47 Å². The van der Waals surface area contributed by atoms with Crippen LogP contribution < -0.4 is 26.7 Å². The van der Waals surface area contributed by atoms with Gasteiger partial charge in [0.15, 0.2) is 0 Å². The molecule has 0 heterocycles. The predicted molar refractivity (Wildman–Crippen MR) is 97.7 cm³/mol. The van der Waals surface area contributed by atoms with E-state index in [-0.39, 0.29) is 0 Å². The van der Waals surface area contributed by atoms with Gasteiger partial charge in [-0.25, -0.2) is 0 Å². The third-order valence-electron chi connectivity index (χ3n) is 2.79. The van der Waals surface area contributed by atoms with Gasteiger partial charge in [-0.3, -0.25) is 0 Å². The molecule has 0 saturated carbocycles. The largest absolute Gasteiger partial charge is 0.497 e. The fourth-order valence-corrected chi connectivity index (χ4v) is 1.80. The zero-order valence-corrected chi connectivity index (χ0v) is 15.3. The molecule has 5 nitrogen and oxygen atoms in total. The van der Waals surface area contributed by atoms with Gasteiger partial charge in [-0.1, -0.05) is 32.3 Å². The average molecular weight is 316 g/mol. The van der Waals surface area contributed by atoms with Crippen molar-refractivity contribution in [3.8, 4) is 11.5 Å². The molecule has 1 aromatic rings. The second-order valence-electron chi connectivity index (χ2n) is 3.99. The van der Waals surface area contributed by atoms with E-state index in [0.29, 0.717) is 0 Å². The summed E-state index contributed by atoms with van der Waals surface area (Å²) in [6, 6.07) is 6.05. The number of nitrogens with two attached hydrogens (primary N) is 3. The van der Waals surface area contributed by atoms with Crippen molar-refractivity contribution in [3.63, 3.8) is 0 Å². The highest BCUT2D eigenvalue weighted by Crippen LogP contribution is 2.26. The summed E-state index contributed by atoms with van der Waals surface area (Å²) in [6.07, 6.45) is 6.22. The monoisotopic (exact) mass is 315 g/mol. The summed E-state index contributed by atoms with van der Waals surface area (Å²) in [5.74, 6) is 1.80. The van der Waals surface area contributed by atoms with Crippen molar-refractivity contribution >= 4 is 0 Å². The molecular weight excluding hydrogens is 278 g/mol. The summed E-state index contributed by atoms with van der Waals surface area (Å²) in [7, 11) is 7.89. The molecule has 0 radical (unpaired) electrons. The van der Waals surface area contributed by atoms with E-state index in [1.165, 1.54) is 52.4 Å². The first-order valence-electron chi connectivity index (χ1n) is 7.76. The zero-order chi connectivity index (χ0) is 17.8. The molecule has 0 aliphatic carbocycles. The van der Waals surface area contributed by atoms with Crippen LogP contribution in [0, 0.1) is 0 Å². The fourth-order valence-electron chi connectivity index (χ4n) is 1.80. The van der Waals surface area contributed by atoms with Crippen molar-refractivity contribution in [3.05, 3.63) is 23.8 Å². The fraction of sp³-hybridized carbons (Fsp3) is 0.647. The van der Waals surface area contributed by atoms with Gasteiger partial charge < -0.3 is 26.7 Å². The van der Waals surface area contributed by atoms with Crippen molar-refractivity contribution in [2.75, 3.05) is 35.4 Å². The molecule has 1 aromatic carbocycles. The molecular formula is C17H37N3O2. The van der Waals surface area contributed by atoms with E-state index in [0.717, 1.165) is 17.9 Å². The molecule has 0 amide bonds. The van der Waals surface area contributed by atoms with E-state index in [9.17, 15) is 0 Å². The lowest BCUT2D eigenvalue weighted by atomic mass is 10.1. The lowest BCUT2D eigenvalue weighted by molar-refractivity contribution is 0.390. The number of hydrogen-bond donors (Lipinski definition) is 3. The molecule has 0 bridgehead atoms. The first kappa shape index (κ1) is 25.6. The first-order chi connectivity index (χ1) is 10.8. The molecule has 0 aromatic heterocycles. The Kier molecular flexibility index (Phi) is 25.6.